The molecule has 154 valence electrons. The molecule has 0 bridgehead atoms. The number of nitrogens with one attached hydrogen (secondary N) is 1. The number of anilines is 1. The van der Waals surface area contributed by atoms with Crippen LogP contribution < -0.4 is 10.9 Å². The van der Waals surface area contributed by atoms with Crippen molar-refractivity contribution in [3.8, 4) is 0 Å². The maximum absolute atomic E-state index is 12.8. The maximum Gasteiger partial charge on any atom is 0.289 e. The first-order chi connectivity index (χ1) is 14.3. The van der Waals surface area contributed by atoms with Gasteiger partial charge in [-0.1, -0.05) is 41.0 Å². The SMILES string of the molecule is C=CCn1c(SCC(=O)Nc2ccc(Cl)c([N+](=O)[O-])c2)nc2cc(Cl)ccc2c1=O. The average molecular weight is 465 g/mol. The van der Waals surface area contributed by atoms with E-state index < -0.39 is 10.8 Å². The molecule has 0 spiro atoms. The van der Waals surface area contributed by atoms with Gasteiger partial charge in [-0.25, -0.2) is 4.98 Å². The van der Waals surface area contributed by atoms with Crippen molar-refractivity contribution in [2.24, 2.45) is 0 Å². The van der Waals surface area contributed by atoms with Gasteiger partial charge in [0.25, 0.3) is 11.2 Å². The van der Waals surface area contributed by atoms with E-state index in [9.17, 15) is 19.7 Å². The lowest BCUT2D eigenvalue weighted by Crippen LogP contribution is -2.23. The van der Waals surface area contributed by atoms with Crippen molar-refractivity contribution < 1.29 is 9.72 Å². The molecular formula is C19H14Cl2N4O4S. The lowest BCUT2D eigenvalue weighted by Gasteiger charge is -2.12. The van der Waals surface area contributed by atoms with Crippen molar-refractivity contribution in [2.45, 2.75) is 11.7 Å². The fourth-order valence-electron chi connectivity index (χ4n) is 2.63. The number of amides is 1. The van der Waals surface area contributed by atoms with Crippen LogP contribution in [0.3, 0.4) is 0 Å². The topological polar surface area (TPSA) is 107 Å². The summed E-state index contributed by atoms with van der Waals surface area (Å²) in [5.41, 5.74) is 0.0743. The van der Waals surface area contributed by atoms with Gasteiger partial charge in [-0.2, -0.15) is 0 Å². The number of allylic oxidation sites excluding steroid dienone is 1. The van der Waals surface area contributed by atoms with Gasteiger partial charge in [-0.15, -0.1) is 6.58 Å². The number of nitro groups is 1. The zero-order chi connectivity index (χ0) is 21.8. The van der Waals surface area contributed by atoms with Gasteiger partial charge in [0.2, 0.25) is 5.91 Å². The van der Waals surface area contributed by atoms with Gasteiger partial charge in [-0.3, -0.25) is 24.3 Å². The summed E-state index contributed by atoms with van der Waals surface area (Å²) in [5.74, 6) is -0.506. The Kier molecular flexibility index (Phi) is 6.76. The number of halogens is 2. The molecule has 0 aliphatic carbocycles. The van der Waals surface area contributed by atoms with Gasteiger partial charge in [0.1, 0.15) is 5.02 Å². The van der Waals surface area contributed by atoms with Crippen LogP contribution in [0.25, 0.3) is 10.9 Å². The van der Waals surface area contributed by atoms with Crippen LogP contribution in [0.15, 0.2) is 59.0 Å². The van der Waals surface area contributed by atoms with Crippen molar-refractivity contribution in [2.75, 3.05) is 11.1 Å². The number of hydrogen-bond acceptors (Lipinski definition) is 6. The Hall–Kier alpha value is -2.88. The molecule has 1 aromatic heterocycles. The van der Waals surface area contributed by atoms with E-state index in [-0.39, 0.29) is 34.3 Å². The van der Waals surface area contributed by atoms with Crippen molar-refractivity contribution >= 4 is 63.1 Å². The molecule has 2 aromatic carbocycles. The Morgan fingerprint density at radius 1 is 1.30 bits per heavy atom. The van der Waals surface area contributed by atoms with Gasteiger partial charge >= 0.3 is 0 Å². The van der Waals surface area contributed by atoms with Crippen LogP contribution in [0.1, 0.15) is 0 Å². The molecule has 11 heteroatoms. The molecule has 3 rings (SSSR count). The lowest BCUT2D eigenvalue weighted by atomic mass is 10.2. The van der Waals surface area contributed by atoms with Crippen LogP contribution in [0, 0.1) is 10.1 Å². The number of fused-ring (bicyclic) bond motifs is 1. The predicted molar refractivity (Wildman–Crippen MR) is 119 cm³/mol. The lowest BCUT2D eigenvalue weighted by molar-refractivity contribution is -0.384. The first kappa shape index (κ1) is 21.8. The summed E-state index contributed by atoms with van der Waals surface area (Å²) in [6.45, 7) is 3.87. The third-order valence-electron chi connectivity index (χ3n) is 3.95. The Bertz CT molecular complexity index is 1230. The highest BCUT2D eigenvalue weighted by Crippen LogP contribution is 2.27. The first-order valence-corrected chi connectivity index (χ1v) is 10.2. The Morgan fingerprint density at radius 3 is 2.77 bits per heavy atom. The zero-order valence-electron chi connectivity index (χ0n) is 15.3. The van der Waals surface area contributed by atoms with Crippen molar-refractivity contribution in [3.63, 3.8) is 0 Å². The standard InChI is InChI=1S/C19H14Cl2N4O4S/c1-2-7-24-18(27)13-5-3-11(20)8-15(13)23-19(24)30-10-17(26)22-12-4-6-14(21)16(9-12)25(28)29/h2-6,8-9H,1,7,10H2,(H,22,26). The van der Waals surface area contributed by atoms with E-state index >= 15 is 0 Å². The highest BCUT2D eigenvalue weighted by molar-refractivity contribution is 7.99. The van der Waals surface area contributed by atoms with Gasteiger partial charge < -0.3 is 5.32 Å². The van der Waals surface area contributed by atoms with Crippen LogP contribution in [0.5, 0.6) is 0 Å². The largest absolute Gasteiger partial charge is 0.325 e. The molecule has 0 atom stereocenters. The minimum absolute atomic E-state index is 0.0279. The third-order valence-corrected chi connectivity index (χ3v) is 5.48. The minimum Gasteiger partial charge on any atom is -0.325 e. The van der Waals surface area contributed by atoms with Crippen molar-refractivity contribution in [1.82, 2.24) is 9.55 Å². The number of carbonyl (C=O) groups is 1. The smallest absolute Gasteiger partial charge is 0.289 e. The number of nitro benzene ring substituents is 1. The number of rotatable bonds is 7. The monoisotopic (exact) mass is 464 g/mol. The summed E-state index contributed by atoms with van der Waals surface area (Å²) in [7, 11) is 0. The molecule has 1 N–H and O–H groups in total. The summed E-state index contributed by atoms with van der Waals surface area (Å²) in [6, 6.07) is 8.75. The zero-order valence-corrected chi connectivity index (χ0v) is 17.6. The minimum atomic E-state index is -0.634. The molecule has 1 amide bonds. The second-order valence-corrected chi connectivity index (χ2v) is 7.81. The fraction of sp³-hybridized carbons (Fsp3) is 0.105. The summed E-state index contributed by atoms with van der Waals surface area (Å²) in [6.07, 6.45) is 1.56. The van der Waals surface area contributed by atoms with Gasteiger partial charge in [0, 0.05) is 23.3 Å². The molecule has 1 heterocycles. The second kappa shape index (κ2) is 9.29. The summed E-state index contributed by atoms with van der Waals surface area (Å²) in [4.78, 5) is 39.9. The first-order valence-electron chi connectivity index (χ1n) is 8.47. The summed E-state index contributed by atoms with van der Waals surface area (Å²) in [5, 5.41) is 14.7. The second-order valence-electron chi connectivity index (χ2n) is 6.02. The van der Waals surface area contributed by atoms with Crippen LogP contribution >= 0.6 is 35.0 Å². The highest BCUT2D eigenvalue weighted by Gasteiger charge is 2.16. The van der Waals surface area contributed by atoms with E-state index in [1.807, 2.05) is 0 Å². The summed E-state index contributed by atoms with van der Waals surface area (Å²) >= 11 is 12.8. The molecule has 8 nitrogen and oxygen atoms in total. The van der Waals surface area contributed by atoms with E-state index in [0.29, 0.717) is 21.1 Å². The van der Waals surface area contributed by atoms with Crippen molar-refractivity contribution in [1.29, 1.82) is 0 Å². The quantitative estimate of drug-likeness (QED) is 0.181. The molecule has 0 fully saturated rings. The number of thioether (sulfide) groups is 1. The fourth-order valence-corrected chi connectivity index (χ4v) is 3.79. The van der Waals surface area contributed by atoms with Crippen molar-refractivity contribution in [3.05, 3.63) is 79.6 Å². The van der Waals surface area contributed by atoms with Gasteiger partial charge in [-0.05, 0) is 30.3 Å². The van der Waals surface area contributed by atoms with Crippen LogP contribution in [0.4, 0.5) is 11.4 Å². The molecule has 0 saturated heterocycles. The van der Waals surface area contributed by atoms with Gasteiger partial charge in [0.15, 0.2) is 5.16 Å². The van der Waals surface area contributed by atoms with E-state index in [1.165, 1.54) is 22.8 Å². The van der Waals surface area contributed by atoms with Gasteiger partial charge in [0.05, 0.1) is 21.6 Å². The Balaban J connectivity index is 1.82. The predicted octanol–water partition coefficient (Wildman–Crippen LogP) is 4.53. The summed E-state index contributed by atoms with van der Waals surface area (Å²) < 4.78 is 1.41. The molecular weight excluding hydrogens is 451 g/mol. The van der Waals surface area contributed by atoms with Crippen LogP contribution in [-0.2, 0) is 11.3 Å². The van der Waals surface area contributed by atoms with Crippen LogP contribution in [-0.4, -0.2) is 26.1 Å². The van der Waals surface area contributed by atoms with E-state index in [4.69, 9.17) is 23.2 Å². The molecule has 3 aromatic rings. The molecule has 0 saturated carbocycles. The molecule has 0 aliphatic heterocycles. The normalized spacial score (nSPS) is 10.7. The van der Waals surface area contributed by atoms with Crippen LogP contribution in [0.2, 0.25) is 10.0 Å². The van der Waals surface area contributed by atoms with E-state index in [2.05, 4.69) is 16.9 Å². The Labute approximate surface area is 184 Å². The highest BCUT2D eigenvalue weighted by atomic mass is 35.5. The average Bonchev–Trinajstić information content (AvgIpc) is 2.70. The molecule has 30 heavy (non-hydrogen) atoms. The van der Waals surface area contributed by atoms with E-state index in [1.54, 1.807) is 24.3 Å². The van der Waals surface area contributed by atoms with E-state index in [0.717, 1.165) is 11.8 Å². The third kappa shape index (κ3) is 4.81. The molecule has 0 unspecified atom stereocenters. The number of carbonyl (C=O) groups excluding carboxylic acids is 1. The molecule has 0 radical (unpaired) electrons. The molecule has 0 aliphatic rings. The maximum atomic E-state index is 12.8. The number of nitrogens with zero attached hydrogens (tertiary/aromatic N) is 3. The number of benzene rings is 2. The number of hydrogen-bond donors (Lipinski definition) is 1. The number of aromatic nitrogens is 2. The Morgan fingerprint density at radius 2 is 2.07 bits per heavy atom.